The van der Waals surface area contributed by atoms with Gasteiger partial charge >= 0.3 is 0 Å². The molecular formula is C11H14N2. The Morgan fingerprint density at radius 3 is 3.00 bits per heavy atom. The van der Waals surface area contributed by atoms with Crippen molar-refractivity contribution in [1.82, 2.24) is 4.98 Å². The lowest BCUT2D eigenvalue weighted by Gasteiger charge is -1.98. The highest BCUT2D eigenvalue weighted by Crippen LogP contribution is 1.93. The molecule has 1 atom stereocenters. The lowest BCUT2D eigenvalue weighted by Crippen LogP contribution is -2.16. The van der Waals surface area contributed by atoms with Crippen LogP contribution in [-0.2, 0) is 0 Å². The molecule has 2 N–H and O–H groups in total. The highest BCUT2D eigenvalue weighted by atomic mass is 14.7. The Kier molecular flexibility index (Phi) is 4.01. The zero-order valence-corrected chi connectivity index (χ0v) is 7.83. The lowest BCUT2D eigenvalue weighted by atomic mass is 10.2. The number of rotatable bonds is 2. The molecule has 1 rings (SSSR count). The third-order valence-corrected chi connectivity index (χ3v) is 1.65. The van der Waals surface area contributed by atoms with Crippen LogP contribution in [0.3, 0.4) is 0 Å². The van der Waals surface area contributed by atoms with Gasteiger partial charge in [0.15, 0.2) is 0 Å². The summed E-state index contributed by atoms with van der Waals surface area (Å²) >= 11 is 0. The number of hydrogen-bond acceptors (Lipinski definition) is 2. The van der Waals surface area contributed by atoms with Gasteiger partial charge in [-0.25, -0.2) is 4.98 Å². The van der Waals surface area contributed by atoms with E-state index < -0.39 is 0 Å². The first-order valence-corrected chi connectivity index (χ1v) is 4.51. The van der Waals surface area contributed by atoms with Crippen molar-refractivity contribution in [3.8, 4) is 11.8 Å². The van der Waals surface area contributed by atoms with Crippen LogP contribution in [0.15, 0.2) is 24.4 Å². The molecule has 13 heavy (non-hydrogen) atoms. The van der Waals surface area contributed by atoms with E-state index in [9.17, 15) is 0 Å². The third kappa shape index (κ3) is 3.73. The minimum absolute atomic E-state index is 0.0213. The number of pyridine rings is 1. The monoisotopic (exact) mass is 174 g/mol. The largest absolute Gasteiger partial charge is 0.318 e. The maximum absolute atomic E-state index is 5.73. The molecule has 0 aliphatic rings. The van der Waals surface area contributed by atoms with Crippen molar-refractivity contribution in [2.45, 2.75) is 25.8 Å². The van der Waals surface area contributed by atoms with Gasteiger partial charge < -0.3 is 5.73 Å². The molecule has 0 amide bonds. The molecular weight excluding hydrogens is 160 g/mol. The van der Waals surface area contributed by atoms with Crippen LogP contribution in [0, 0.1) is 11.8 Å². The van der Waals surface area contributed by atoms with Gasteiger partial charge in [-0.15, -0.1) is 0 Å². The van der Waals surface area contributed by atoms with Gasteiger partial charge in [0.2, 0.25) is 0 Å². The standard InChI is InChI=1S/C11H14N2/c1-2-5-10(12)7-8-11-6-3-4-9-13-11/h3-4,6,9-10H,2,5,12H2,1H3. The Bertz CT molecular complexity index is 295. The molecule has 0 radical (unpaired) electrons. The molecule has 1 unspecified atom stereocenters. The number of aromatic nitrogens is 1. The summed E-state index contributed by atoms with van der Waals surface area (Å²) in [5.74, 6) is 5.91. The molecule has 0 fully saturated rings. The van der Waals surface area contributed by atoms with Crippen molar-refractivity contribution in [3.05, 3.63) is 30.1 Å². The van der Waals surface area contributed by atoms with Gasteiger partial charge in [-0.3, -0.25) is 0 Å². The number of hydrogen-bond donors (Lipinski definition) is 1. The first-order valence-electron chi connectivity index (χ1n) is 4.51. The van der Waals surface area contributed by atoms with E-state index >= 15 is 0 Å². The van der Waals surface area contributed by atoms with Crippen molar-refractivity contribution in [2.75, 3.05) is 0 Å². The molecule has 2 nitrogen and oxygen atoms in total. The summed E-state index contributed by atoms with van der Waals surface area (Å²) in [5, 5.41) is 0. The Morgan fingerprint density at radius 2 is 2.38 bits per heavy atom. The van der Waals surface area contributed by atoms with Crippen LogP contribution >= 0.6 is 0 Å². The molecule has 0 aromatic carbocycles. The lowest BCUT2D eigenvalue weighted by molar-refractivity contribution is 0.720. The molecule has 68 valence electrons. The quantitative estimate of drug-likeness (QED) is 0.691. The fourth-order valence-corrected chi connectivity index (χ4v) is 0.987. The summed E-state index contributed by atoms with van der Waals surface area (Å²) in [6.07, 6.45) is 3.74. The Morgan fingerprint density at radius 1 is 1.54 bits per heavy atom. The molecule has 1 heterocycles. The van der Waals surface area contributed by atoms with Crippen LogP contribution in [0.2, 0.25) is 0 Å². The maximum atomic E-state index is 5.73. The minimum atomic E-state index is -0.0213. The predicted octanol–water partition coefficient (Wildman–Crippen LogP) is 1.56. The van der Waals surface area contributed by atoms with E-state index in [1.165, 1.54) is 0 Å². The second kappa shape index (κ2) is 5.34. The molecule has 0 aliphatic carbocycles. The first kappa shape index (κ1) is 9.76. The summed E-state index contributed by atoms with van der Waals surface area (Å²) in [6.45, 7) is 2.10. The first-order chi connectivity index (χ1) is 6.33. The topological polar surface area (TPSA) is 38.9 Å². The van der Waals surface area contributed by atoms with Crippen molar-refractivity contribution in [2.24, 2.45) is 5.73 Å². The van der Waals surface area contributed by atoms with Gasteiger partial charge in [0.1, 0.15) is 5.69 Å². The molecule has 1 aromatic rings. The van der Waals surface area contributed by atoms with E-state index in [-0.39, 0.29) is 6.04 Å². The van der Waals surface area contributed by atoms with E-state index in [4.69, 9.17) is 5.73 Å². The molecule has 0 saturated heterocycles. The predicted molar refractivity (Wildman–Crippen MR) is 54.0 cm³/mol. The molecule has 1 aromatic heterocycles. The van der Waals surface area contributed by atoms with E-state index in [1.807, 2.05) is 18.2 Å². The second-order valence-corrected chi connectivity index (χ2v) is 2.88. The van der Waals surface area contributed by atoms with Crippen LogP contribution in [-0.4, -0.2) is 11.0 Å². The van der Waals surface area contributed by atoms with Gasteiger partial charge in [-0.2, -0.15) is 0 Å². The molecule has 2 heteroatoms. The molecule has 0 saturated carbocycles. The fraction of sp³-hybridized carbons (Fsp3) is 0.364. The minimum Gasteiger partial charge on any atom is -0.318 e. The Hall–Kier alpha value is -1.33. The highest BCUT2D eigenvalue weighted by Gasteiger charge is 1.93. The highest BCUT2D eigenvalue weighted by molar-refractivity contribution is 5.28. The summed E-state index contributed by atoms with van der Waals surface area (Å²) < 4.78 is 0. The SMILES string of the molecule is CCCC(N)C#Cc1ccccn1. The van der Waals surface area contributed by atoms with Gasteiger partial charge in [0.25, 0.3) is 0 Å². The molecule has 0 bridgehead atoms. The smallest absolute Gasteiger partial charge is 0.113 e. The van der Waals surface area contributed by atoms with Gasteiger partial charge in [0, 0.05) is 6.20 Å². The summed E-state index contributed by atoms with van der Waals surface area (Å²) in [4.78, 5) is 4.08. The second-order valence-electron chi connectivity index (χ2n) is 2.88. The zero-order valence-electron chi connectivity index (χ0n) is 7.83. The number of nitrogens with zero attached hydrogens (tertiary/aromatic N) is 1. The van der Waals surface area contributed by atoms with E-state index in [1.54, 1.807) is 6.20 Å². The Balaban J connectivity index is 2.57. The van der Waals surface area contributed by atoms with Crippen molar-refractivity contribution in [3.63, 3.8) is 0 Å². The van der Waals surface area contributed by atoms with Crippen molar-refractivity contribution in [1.29, 1.82) is 0 Å². The van der Waals surface area contributed by atoms with Crippen LogP contribution < -0.4 is 5.73 Å². The van der Waals surface area contributed by atoms with Crippen LogP contribution in [0.5, 0.6) is 0 Å². The summed E-state index contributed by atoms with van der Waals surface area (Å²) in [7, 11) is 0. The van der Waals surface area contributed by atoms with E-state index in [2.05, 4.69) is 23.7 Å². The van der Waals surface area contributed by atoms with Gasteiger partial charge in [-0.05, 0) is 24.5 Å². The Labute approximate surface area is 79.2 Å². The van der Waals surface area contributed by atoms with Crippen LogP contribution in [0.1, 0.15) is 25.5 Å². The fourth-order valence-electron chi connectivity index (χ4n) is 0.987. The summed E-state index contributed by atoms with van der Waals surface area (Å²) in [5.41, 5.74) is 6.52. The number of nitrogens with two attached hydrogens (primary N) is 1. The average Bonchev–Trinajstić information content (AvgIpc) is 2.17. The molecule has 0 aliphatic heterocycles. The maximum Gasteiger partial charge on any atom is 0.113 e. The third-order valence-electron chi connectivity index (χ3n) is 1.65. The van der Waals surface area contributed by atoms with Crippen LogP contribution in [0.4, 0.5) is 0 Å². The normalized spacial score (nSPS) is 11.5. The van der Waals surface area contributed by atoms with Gasteiger partial charge in [-0.1, -0.05) is 25.3 Å². The van der Waals surface area contributed by atoms with Gasteiger partial charge in [0.05, 0.1) is 6.04 Å². The molecule has 0 spiro atoms. The van der Waals surface area contributed by atoms with Crippen molar-refractivity contribution < 1.29 is 0 Å². The zero-order chi connectivity index (χ0) is 9.52. The van der Waals surface area contributed by atoms with E-state index in [0.29, 0.717) is 0 Å². The van der Waals surface area contributed by atoms with E-state index in [0.717, 1.165) is 18.5 Å². The average molecular weight is 174 g/mol. The summed E-state index contributed by atoms with van der Waals surface area (Å²) in [6, 6.07) is 5.65. The van der Waals surface area contributed by atoms with Crippen LogP contribution in [0.25, 0.3) is 0 Å². The van der Waals surface area contributed by atoms with Crippen molar-refractivity contribution >= 4 is 0 Å².